The molecule has 1 atom stereocenters. The van der Waals surface area contributed by atoms with Crippen LogP contribution < -0.4 is 10.2 Å². The molecule has 0 bridgehead atoms. The number of nitrogens with zero attached hydrogens (tertiary/aromatic N) is 4. The van der Waals surface area contributed by atoms with Gasteiger partial charge in [-0.15, -0.1) is 0 Å². The maximum absolute atomic E-state index is 13.0. The highest BCUT2D eigenvalue weighted by atomic mass is 16.2. The molecule has 0 aromatic heterocycles. The SMILES string of the molecule is CCN(CC)C(=O)c1ccc(N2CCN(C3c4ccccc4NC(=O)c4ccccc43)CC2)c(C#N)c1. The zero-order valence-electron chi connectivity index (χ0n) is 21.3. The van der Waals surface area contributed by atoms with E-state index in [1.165, 1.54) is 0 Å². The van der Waals surface area contributed by atoms with Crippen LogP contribution in [0.15, 0.2) is 66.7 Å². The Morgan fingerprint density at radius 3 is 2.35 bits per heavy atom. The van der Waals surface area contributed by atoms with Gasteiger partial charge in [-0.2, -0.15) is 5.26 Å². The number of hydrogen-bond donors (Lipinski definition) is 1. The average Bonchev–Trinajstić information content (AvgIpc) is 3.07. The number of para-hydroxylation sites is 1. The number of rotatable bonds is 5. The summed E-state index contributed by atoms with van der Waals surface area (Å²) >= 11 is 0. The van der Waals surface area contributed by atoms with Crippen LogP contribution in [0.3, 0.4) is 0 Å². The van der Waals surface area contributed by atoms with E-state index in [2.05, 4.69) is 27.3 Å². The van der Waals surface area contributed by atoms with E-state index in [0.717, 1.165) is 48.7 Å². The van der Waals surface area contributed by atoms with E-state index < -0.39 is 0 Å². The Kier molecular flexibility index (Phi) is 6.93. The van der Waals surface area contributed by atoms with Crippen molar-refractivity contribution in [1.82, 2.24) is 9.80 Å². The number of fused-ring (bicyclic) bond motifs is 2. The minimum atomic E-state index is -0.0813. The molecule has 1 N–H and O–H groups in total. The first-order valence-corrected chi connectivity index (χ1v) is 12.9. The fourth-order valence-electron chi connectivity index (χ4n) is 5.49. The van der Waals surface area contributed by atoms with Gasteiger partial charge in [-0.1, -0.05) is 36.4 Å². The lowest BCUT2D eigenvalue weighted by Crippen LogP contribution is -2.48. The summed E-state index contributed by atoms with van der Waals surface area (Å²) in [4.78, 5) is 32.2. The smallest absolute Gasteiger partial charge is 0.256 e. The monoisotopic (exact) mass is 493 g/mol. The van der Waals surface area contributed by atoms with Crippen molar-refractivity contribution in [3.8, 4) is 6.07 Å². The van der Waals surface area contributed by atoms with Gasteiger partial charge in [0, 0.05) is 56.1 Å². The fraction of sp³-hybridized carbons (Fsp3) is 0.300. The van der Waals surface area contributed by atoms with E-state index in [1.807, 2.05) is 68.4 Å². The number of anilines is 2. The zero-order chi connectivity index (χ0) is 25.9. The van der Waals surface area contributed by atoms with E-state index in [4.69, 9.17) is 0 Å². The molecule has 2 heterocycles. The second-order valence-corrected chi connectivity index (χ2v) is 9.38. The molecule has 7 heteroatoms. The molecule has 5 rings (SSSR count). The molecular formula is C30H31N5O2. The molecule has 1 saturated heterocycles. The van der Waals surface area contributed by atoms with Crippen molar-refractivity contribution in [2.75, 3.05) is 49.5 Å². The van der Waals surface area contributed by atoms with Gasteiger partial charge in [0.15, 0.2) is 0 Å². The van der Waals surface area contributed by atoms with Gasteiger partial charge in [-0.05, 0) is 55.3 Å². The molecule has 1 unspecified atom stereocenters. The fourth-order valence-corrected chi connectivity index (χ4v) is 5.49. The number of carbonyl (C=O) groups is 2. The van der Waals surface area contributed by atoms with Crippen LogP contribution in [-0.2, 0) is 0 Å². The minimum Gasteiger partial charge on any atom is -0.368 e. The summed E-state index contributed by atoms with van der Waals surface area (Å²) < 4.78 is 0. The lowest BCUT2D eigenvalue weighted by molar-refractivity contribution is 0.0772. The van der Waals surface area contributed by atoms with Gasteiger partial charge < -0.3 is 15.1 Å². The molecule has 37 heavy (non-hydrogen) atoms. The van der Waals surface area contributed by atoms with Crippen LogP contribution in [0.4, 0.5) is 11.4 Å². The molecule has 0 aliphatic carbocycles. The molecule has 1 fully saturated rings. The highest BCUT2D eigenvalue weighted by Crippen LogP contribution is 2.39. The number of nitrogens with one attached hydrogen (secondary N) is 1. The summed E-state index contributed by atoms with van der Waals surface area (Å²) in [7, 11) is 0. The van der Waals surface area contributed by atoms with Gasteiger partial charge in [0.1, 0.15) is 6.07 Å². The van der Waals surface area contributed by atoms with Gasteiger partial charge in [0.25, 0.3) is 11.8 Å². The standard InChI is InChI=1S/C30H31N5O2/c1-3-33(4-2)30(37)21-13-14-27(22(19-21)20-31)34-15-17-35(18-16-34)28-23-9-5-6-10-24(23)29(36)32-26-12-8-7-11-25(26)28/h5-14,19,28H,3-4,15-18H2,1-2H3,(H,32,36). The Morgan fingerprint density at radius 2 is 1.65 bits per heavy atom. The molecule has 3 aromatic rings. The predicted molar refractivity (Wildman–Crippen MR) is 145 cm³/mol. The maximum Gasteiger partial charge on any atom is 0.256 e. The maximum atomic E-state index is 13.0. The van der Waals surface area contributed by atoms with Crippen LogP contribution in [-0.4, -0.2) is 60.9 Å². The van der Waals surface area contributed by atoms with E-state index in [1.54, 1.807) is 11.0 Å². The van der Waals surface area contributed by atoms with Crippen LogP contribution in [0, 0.1) is 11.3 Å². The van der Waals surface area contributed by atoms with Crippen molar-refractivity contribution in [2.45, 2.75) is 19.9 Å². The number of amides is 2. The van der Waals surface area contributed by atoms with Crippen molar-refractivity contribution in [1.29, 1.82) is 5.26 Å². The molecule has 2 amide bonds. The predicted octanol–water partition coefficient (Wildman–Crippen LogP) is 4.52. The molecule has 0 radical (unpaired) electrons. The molecule has 2 aliphatic heterocycles. The first-order valence-electron chi connectivity index (χ1n) is 12.9. The summed E-state index contributed by atoms with van der Waals surface area (Å²) in [6, 6.07) is 23.6. The molecule has 3 aromatic carbocycles. The summed E-state index contributed by atoms with van der Waals surface area (Å²) in [6.45, 7) is 8.19. The molecule has 188 valence electrons. The molecule has 0 spiro atoms. The largest absolute Gasteiger partial charge is 0.368 e. The Morgan fingerprint density at radius 1 is 0.973 bits per heavy atom. The summed E-state index contributed by atoms with van der Waals surface area (Å²) in [5.74, 6) is -0.131. The van der Waals surface area contributed by atoms with Crippen LogP contribution in [0.25, 0.3) is 0 Å². The van der Waals surface area contributed by atoms with E-state index in [9.17, 15) is 14.9 Å². The topological polar surface area (TPSA) is 79.7 Å². The molecular weight excluding hydrogens is 462 g/mol. The summed E-state index contributed by atoms with van der Waals surface area (Å²) in [6.07, 6.45) is 0. The van der Waals surface area contributed by atoms with Gasteiger partial charge in [-0.3, -0.25) is 14.5 Å². The third kappa shape index (κ3) is 4.56. The lowest BCUT2D eigenvalue weighted by atomic mass is 9.93. The second-order valence-electron chi connectivity index (χ2n) is 9.38. The van der Waals surface area contributed by atoms with Gasteiger partial charge in [0.2, 0.25) is 0 Å². The van der Waals surface area contributed by atoms with Crippen molar-refractivity contribution in [3.05, 3.63) is 94.5 Å². The quantitative estimate of drug-likeness (QED) is 0.566. The third-order valence-electron chi connectivity index (χ3n) is 7.44. The minimum absolute atomic E-state index is 0.0435. The molecule has 0 saturated carbocycles. The van der Waals surface area contributed by atoms with E-state index in [0.29, 0.717) is 29.8 Å². The van der Waals surface area contributed by atoms with Gasteiger partial charge in [-0.25, -0.2) is 0 Å². The second kappa shape index (κ2) is 10.5. The lowest BCUT2D eigenvalue weighted by Gasteiger charge is -2.41. The van der Waals surface area contributed by atoms with Crippen LogP contribution in [0.2, 0.25) is 0 Å². The van der Waals surface area contributed by atoms with Crippen LogP contribution in [0.5, 0.6) is 0 Å². The van der Waals surface area contributed by atoms with Crippen molar-refractivity contribution < 1.29 is 9.59 Å². The first-order chi connectivity index (χ1) is 18.0. The highest BCUT2D eigenvalue weighted by molar-refractivity contribution is 6.07. The van der Waals surface area contributed by atoms with Gasteiger partial charge >= 0.3 is 0 Å². The highest BCUT2D eigenvalue weighted by Gasteiger charge is 2.33. The molecule has 2 aliphatic rings. The number of piperazine rings is 1. The van der Waals surface area contributed by atoms with Gasteiger partial charge in [0.05, 0.1) is 17.3 Å². The van der Waals surface area contributed by atoms with E-state index in [-0.39, 0.29) is 17.9 Å². The zero-order valence-corrected chi connectivity index (χ0v) is 21.3. The Hall–Kier alpha value is -4.15. The Labute approximate surface area is 217 Å². The number of nitriles is 1. The average molecular weight is 494 g/mol. The Balaban J connectivity index is 1.40. The molecule has 7 nitrogen and oxygen atoms in total. The van der Waals surface area contributed by atoms with Crippen LogP contribution >= 0.6 is 0 Å². The van der Waals surface area contributed by atoms with Crippen LogP contribution in [0.1, 0.15) is 57.3 Å². The van der Waals surface area contributed by atoms with E-state index >= 15 is 0 Å². The van der Waals surface area contributed by atoms with Crippen molar-refractivity contribution in [2.24, 2.45) is 0 Å². The Bertz CT molecular complexity index is 1370. The van der Waals surface area contributed by atoms with Crippen molar-refractivity contribution >= 4 is 23.2 Å². The summed E-state index contributed by atoms with van der Waals surface area (Å²) in [5, 5.41) is 13.0. The number of carbonyl (C=O) groups excluding carboxylic acids is 2. The van der Waals surface area contributed by atoms with Crippen molar-refractivity contribution in [3.63, 3.8) is 0 Å². The normalized spacial score (nSPS) is 17.2. The number of benzene rings is 3. The summed E-state index contributed by atoms with van der Waals surface area (Å²) in [5.41, 5.74) is 5.57. The third-order valence-corrected chi connectivity index (χ3v) is 7.44. The first kappa shape index (κ1) is 24.5. The number of hydrogen-bond acceptors (Lipinski definition) is 5.